The van der Waals surface area contributed by atoms with Gasteiger partial charge in [-0.1, -0.05) is 0 Å². The van der Waals surface area contributed by atoms with Crippen molar-refractivity contribution in [3.8, 4) is 0 Å². The molecule has 0 aliphatic carbocycles. The number of hydrogen-bond donors (Lipinski definition) is 2. The van der Waals surface area contributed by atoms with Gasteiger partial charge in [0.1, 0.15) is 11.6 Å². The summed E-state index contributed by atoms with van der Waals surface area (Å²) >= 11 is 0. The van der Waals surface area contributed by atoms with Crippen molar-refractivity contribution in [2.45, 2.75) is 19.0 Å². The Balaban J connectivity index is 2.08. The molecule has 0 saturated heterocycles. The lowest BCUT2D eigenvalue weighted by Gasteiger charge is -2.20. The van der Waals surface area contributed by atoms with E-state index in [-0.39, 0.29) is 24.5 Å². The zero-order chi connectivity index (χ0) is 13.0. The van der Waals surface area contributed by atoms with Gasteiger partial charge in [0, 0.05) is 12.2 Å². The molecule has 0 saturated carbocycles. The molecule has 0 aromatic carbocycles. The Morgan fingerprint density at radius 1 is 1.50 bits per heavy atom. The summed E-state index contributed by atoms with van der Waals surface area (Å²) in [5.41, 5.74) is 0.722. The van der Waals surface area contributed by atoms with Crippen molar-refractivity contribution in [3.63, 3.8) is 0 Å². The fourth-order valence-corrected chi connectivity index (χ4v) is 1.78. The summed E-state index contributed by atoms with van der Waals surface area (Å²) in [5.74, 6) is 0.272. The molecule has 5 heteroatoms. The smallest absolute Gasteiger partial charge is 0.141 e. The summed E-state index contributed by atoms with van der Waals surface area (Å²) in [6, 6.07) is 4.49. The summed E-state index contributed by atoms with van der Waals surface area (Å²) < 4.78 is 18.3. The Morgan fingerprint density at radius 2 is 2.33 bits per heavy atom. The van der Waals surface area contributed by atoms with Crippen LogP contribution in [0.3, 0.4) is 0 Å². The van der Waals surface area contributed by atoms with E-state index in [0.29, 0.717) is 5.76 Å². The van der Waals surface area contributed by atoms with Gasteiger partial charge in [-0.25, -0.2) is 4.39 Å². The average Bonchev–Trinajstić information content (AvgIpc) is 2.89. The van der Waals surface area contributed by atoms with Gasteiger partial charge in [-0.3, -0.25) is 10.3 Å². The first kappa shape index (κ1) is 12.7. The number of rotatable bonds is 5. The van der Waals surface area contributed by atoms with Crippen molar-refractivity contribution >= 4 is 0 Å². The first-order valence-electron chi connectivity index (χ1n) is 5.71. The maximum Gasteiger partial charge on any atom is 0.141 e. The summed E-state index contributed by atoms with van der Waals surface area (Å²) in [7, 11) is 0. The highest BCUT2D eigenvalue weighted by Crippen LogP contribution is 2.19. The monoisotopic (exact) mass is 250 g/mol. The SMILES string of the molecule is CC(NC(CO)c1ccco1)c1cncc(F)c1. The average molecular weight is 250 g/mol. The van der Waals surface area contributed by atoms with Crippen LogP contribution in [0.4, 0.5) is 4.39 Å². The molecular formula is C13H15FN2O2. The standard InChI is InChI=1S/C13H15FN2O2/c1-9(10-5-11(14)7-15-6-10)16-12(8-17)13-3-2-4-18-13/h2-7,9,12,16-17H,8H2,1H3. The minimum atomic E-state index is -0.375. The molecule has 2 atom stereocenters. The van der Waals surface area contributed by atoms with E-state index in [4.69, 9.17) is 4.42 Å². The van der Waals surface area contributed by atoms with Gasteiger partial charge in [0.2, 0.25) is 0 Å². The Kier molecular flexibility index (Phi) is 4.07. The lowest BCUT2D eigenvalue weighted by atomic mass is 10.1. The molecule has 0 aliphatic rings. The van der Waals surface area contributed by atoms with Crippen LogP contribution < -0.4 is 5.32 Å². The second-order valence-electron chi connectivity index (χ2n) is 4.08. The Labute approximate surface area is 104 Å². The fourth-order valence-electron chi connectivity index (χ4n) is 1.78. The number of hydrogen-bond acceptors (Lipinski definition) is 4. The lowest BCUT2D eigenvalue weighted by molar-refractivity contribution is 0.217. The predicted octanol–water partition coefficient (Wildman–Crippen LogP) is 2.20. The third kappa shape index (κ3) is 2.94. The number of furan rings is 1. The second-order valence-corrected chi connectivity index (χ2v) is 4.08. The van der Waals surface area contributed by atoms with Gasteiger partial charge in [0.25, 0.3) is 0 Å². The van der Waals surface area contributed by atoms with E-state index in [1.807, 2.05) is 6.92 Å². The molecular weight excluding hydrogens is 235 g/mol. The normalized spacial score (nSPS) is 14.4. The molecule has 2 N–H and O–H groups in total. The minimum Gasteiger partial charge on any atom is -0.468 e. The van der Waals surface area contributed by atoms with Crippen molar-refractivity contribution in [1.29, 1.82) is 0 Å². The third-order valence-electron chi connectivity index (χ3n) is 2.75. The molecule has 0 aliphatic heterocycles. The number of nitrogens with one attached hydrogen (secondary N) is 1. The van der Waals surface area contributed by atoms with E-state index in [1.54, 1.807) is 24.6 Å². The maximum atomic E-state index is 13.1. The van der Waals surface area contributed by atoms with Gasteiger partial charge in [0.15, 0.2) is 0 Å². The molecule has 2 rings (SSSR count). The second kappa shape index (κ2) is 5.75. The molecule has 2 heterocycles. The van der Waals surface area contributed by atoms with Gasteiger partial charge in [-0.05, 0) is 30.7 Å². The number of nitrogens with zero attached hydrogens (tertiary/aromatic N) is 1. The van der Waals surface area contributed by atoms with E-state index >= 15 is 0 Å². The van der Waals surface area contributed by atoms with Crippen LogP contribution in [0.15, 0.2) is 41.3 Å². The van der Waals surface area contributed by atoms with E-state index in [2.05, 4.69) is 10.3 Å². The summed E-state index contributed by atoms with van der Waals surface area (Å²) in [5, 5.41) is 12.5. The first-order valence-corrected chi connectivity index (χ1v) is 5.71. The molecule has 0 fully saturated rings. The van der Waals surface area contributed by atoms with Crippen LogP contribution in [0, 0.1) is 5.82 Å². The Bertz CT molecular complexity index is 487. The minimum absolute atomic E-state index is 0.0966. The zero-order valence-corrected chi connectivity index (χ0v) is 10.0. The summed E-state index contributed by atoms with van der Waals surface area (Å²) in [4.78, 5) is 3.80. The van der Waals surface area contributed by atoms with Crippen molar-refractivity contribution in [2.24, 2.45) is 0 Å². The largest absolute Gasteiger partial charge is 0.468 e. The van der Waals surface area contributed by atoms with Crippen LogP contribution in [-0.2, 0) is 0 Å². The number of pyridine rings is 1. The topological polar surface area (TPSA) is 58.3 Å². The predicted molar refractivity (Wildman–Crippen MR) is 64.3 cm³/mol. The van der Waals surface area contributed by atoms with Gasteiger partial charge >= 0.3 is 0 Å². The molecule has 2 aromatic rings. The summed E-state index contributed by atoms with van der Waals surface area (Å²) in [6.07, 6.45) is 4.30. The number of halogens is 1. The number of aliphatic hydroxyl groups excluding tert-OH is 1. The van der Waals surface area contributed by atoms with Gasteiger partial charge < -0.3 is 9.52 Å². The van der Waals surface area contributed by atoms with Gasteiger partial charge in [0.05, 0.1) is 25.1 Å². The summed E-state index contributed by atoms with van der Waals surface area (Å²) in [6.45, 7) is 1.78. The molecule has 0 bridgehead atoms. The van der Waals surface area contributed by atoms with Gasteiger partial charge in [-0.2, -0.15) is 0 Å². The van der Waals surface area contributed by atoms with E-state index in [0.717, 1.165) is 11.8 Å². The van der Waals surface area contributed by atoms with Crippen LogP contribution in [0.5, 0.6) is 0 Å². The quantitative estimate of drug-likeness (QED) is 0.854. The molecule has 96 valence electrons. The zero-order valence-electron chi connectivity index (χ0n) is 10.0. The molecule has 4 nitrogen and oxygen atoms in total. The lowest BCUT2D eigenvalue weighted by Crippen LogP contribution is -2.27. The van der Waals surface area contributed by atoms with Crippen LogP contribution in [-0.4, -0.2) is 16.7 Å². The number of aliphatic hydroxyl groups is 1. The highest BCUT2D eigenvalue weighted by atomic mass is 19.1. The first-order chi connectivity index (χ1) is 8.70. The van der Waals surface area contributed by atoms with Crippen LogP contribution in [0.25, 0.3) is 0 Å². The molecule has 0 radical (unpaired) electrons. The van der Waals surface area contributed by atoms with Crippen LogP contribution >= 0.6 is 0 Å². The van der Waals surface area contributed by atoms with Crippen LogP contribution in [0.1, 0.15) is 30.3 Å². The highest BCUT2D eigenvalue weighted by molar-refractivity contribution is 5.15. The molecule has 2 aromatic heterocycles. The van der Waals surface area contributed by atoms with Crippen molar-refractivity contribution in [3.05, 3.63) is 54.0 Å². The molecule has 2 unspecified atom stereocenters. The van der Waals surface area contributed by atoms with Crippen molar-refractivity contribution < 1.29 is 13.9 Å². The maximum absolute atomic E-state index is 13.1. The Morgan fingerprint density at radius 3 is 2.94 bits per heavy atom. The van der Waals surface area contributed by atoms with E-state index < -0.39 is 0 Å². The van der Waals surface area contributed by atoms with Crippen molar-refractivity contribution in [1.82, 2.24) is 10.3 Å². The Hall–Kier alpha value is -1.72. The van der Waals surface area contributed by atoms with E-state index in [1.165, 1.54) is 6.07 Å². The fraction of sp³-hybridized carbons (Fsp3) is 0.308. The third-order valence-corrected chi connectivity index (χ3v) is 2.75. The molecule has 18 heavy (non-hydrogen) atoms. The molecule has 0 amide bonds. The van der Waals surface area contributed by atoms with Crippen molar-refractivity contribution in [2.75, 3.05) is 6.61 Å². The van der Waals surface area contributed by atoms with Gasteiger partial charge in [-0.15, -0.1) is 0 Å². The highest BCUT2D eigenvalue weighted by Gasteiger charge is 2.17. The van der Waals surface area contributed by atoms with E-state index in [9.17, 15) is 9.50 Å². The van der Waals surface area contributed by atoms with Crippen LogP contribution in [0.2, 0.25) is 0 Å². The number of aromatic nitrogens is 1. The molecule has 0 spiro atoms.